The Morgan fingerprint density at radius 3 is 2.86 bits per heavy atom. The molecule has 0 aromatic carbocycles. The van der Waals surface area contributed by atoms with Crippen molar-refractivity contribution in [3.05, 3.63) is 5.01 Å². The van der Waals surface area contributed by atoms with Gasteiger partial charge in [0.25, 0.3) is 5.19 Å². The summed E-state index contributed by atoms with van der Waals surface area (Å²) in [6.45, 7) is 10.9. The summed E-state index contributed by atoms with van der Waals surface area (Å²) in [4.78, 5) is 0. The molecule has 3 unspecified atom stereocenters. The van der Waals surface area contributed by atoms with Crippen molar-refractivity contribution in [3.8, 4) is 5.19 Å². The predicted molar refractivity (Wildman–Crippen MR) is 87.7 cm³/mol. The number of aromatic nitrogens is 2. The molecule has 1 aliphatic rings. The maximum atomic E-state index is 6.20. The van der Waals surface area contributed by atoms with E-state index in [0.29, 0.717) is 17.9 Å². The van der Waals surface area contributed by atoms with Crippen LogP contribution in [0.2, 0.25) is 0 Å². The minimum absolute atomic E-state index is 0.304. The van der Waals surface area contributed by atoms with Crippen molar-refractivity contribution >= 4 is 11.3 Å². The highest BCUT2D eigenvalue weighted by Gasteiger charge is 2.32. The van der Waals surface area contributed by atoms with E-state index in [1.165, 1.54) is 12.8 Å². The molecule has 1 aromatic heterocycles. The molecule has 0 spiro atoms. The molecule has 4 nitrogen and oxygen atoms in total. The molecule has 5 heteroatoms. The van der Waals surface area contributed by atoms with E-state index in [4.69, 9.17) is 4.74 Å². The van der Waals surface area contributed by atoms with Crippen LogP contribution in [0.1, 0.15) is 58.4 Å². The van der Waals surface area contributed by atoms with Gasteiger partial charge in [0.15, 0.2) is 0 Å². The summed E-state index contributed by atoms with van der Waals surface area (Å²) < 4.78 is 6.20. The average molecular weight is 311 g/mol. The molecule has 0 aliphatic heterocycles. The second-order valence-corrected chi connectivity index (χ2v) is 7.65. The normalized spacial score (nSPS) is 26.2. The smallest absolute Gasteiger partial charge is 0.294 e. The van der Waals surface area contributed by atoms with Crippen LogP contribution >= 0.6 is 11.3 Å². The summed E-state index contributed by atoms with van der Waals surface area (Å²) in [6.07, 6.45) is 5.18. The largest absolute Gasteiger partial charge is 0.465 e. The van der Waals surface area contributed by atoms with Crippen molar-refractivity contribution in [3.63, 3.8) is 0 Å². The summed E-state index contributed by atoms with van der Waals surface area (Å²) in [7, 11) is 0. The predicted octanol–water partition coefficient (Wildman–Crippen LogP) is 3.88. The third-order valence-corrected chi connectivity index (χ3v) is 5.18. The monoisotopic (exact) mass is 311 g/mol. The molecule has 1 saturated carbocycles. The van der Waals surface area contributed by atoms with Crippen molar-refractivity contribution in [2.75, 3.05) is 6.54 Å². The Labute approximate surface area is 132 Å². The zero-order valence-corrected chi connectivity index (χ0v) is 14.6. The molecule has 3 atom stereocenters. The summed E-state index contributed by atoms with van der Waals surface area (Å²) in [5, 5.41) is 13.6. The number of hydrogen-bond donors (Lipinski definition) is 1. The zero-order chi connectivity index (χ0) is 15.2. The number of nitrogens with zero attached hydrogens (tertiary/aromatic N) is 2. The van der Waals surface area contributed by atoms with E-state index in [9.17, 15) is 0 Å². The van der Waals surface area contributed by atoms with Crippen LogP contribution in [0, 0.1) is 17.8 Å². The highest BCUT2D eigenvalue weighted by atomic mass is 32.1. The van der Waals surface area contributed by atoms with Gasteiger partial charge in [-0.25, -0.2) is 0 Å². The Morgan fingerprint density at radius 1 is 1.33 bits per heavy atom. The number of hydrogen-bond acceptors (Lipinski definition) is 5. The topological polar surface area (TPSA) is 47.0 Å². The molecule has 120 valence electrons. The first kappa shape index (κ1) is 16.7. The van der Waals surface area contributed by atoms with Crippen molar-refractivity contribution in [2.45, 2.75) is 66.0 Å². The van der Waals surface area contributed by atoms with Gasteiger partial charge in [-0.15, -0.1) is 5.10 Å². The lowest BCUT2D eigenvalue weighted by molar-refractivity contribution is 0.0453. The van der Waals surface area contributed by atoms with Gasteiger partial charge in [0, 0.05) is 6.54 Å². The van der Waals surface area contributed by atoms with Crippen molar-refractivity contribution < 1.29 is 4.74 Å². The van der Waals surface area contributed by atoms with Crippen LogP contribution in [0.15, 0.2) is 0 Å². The summed E-state index contributed by atoms with van der Waals surface area (Å²) in [6, 6.07) is 0. The summed E-state index contributed by atoms with van der Waals surface area (Å²) >= 11 is 1.59. The Morgan fingerprint density at radius 2 is 2.14 bits per heavy atom. The highest BCUT2D eigenvalue weighted by Crippen LogP contribution is 2.36. The molecule has 0 amide bonds. The lowest BCUT2D eigenvalue weighted by Gasteiger charge is -2.36. The number of nitrogens with one attached hydrogen (secondary N) is 1. The third-order valence-electron chi connectivity index (χ3n) is 4.36. The van der Waals surface area contributed by atoms with Gasteiger partial charge in [-0.05, 0) is 43.6 Å². The molecule has 1 N–H and O–H groups in total. The standard InChI is InChI=1S/C16H29N3OS/c1-5-8-17-10-15-18-19-16(21-15)20-14-9-12(4)6-7-13(14)11(2)3/h11-14,17H,5-10H2,1-4H3. The van der Waals surface area contributed by atoms with Crippen molar-refractivity contribution in [1.29, 1.82) is 0 Å². The van der Waals surface area contributed by atoms with Crippen LogP contribution < -0.4 is 10.1 Å². The van der Waals surface area contributed by atoms with E-state index in [-0.39, 0.29) is 0 Å². The van der Waals surface area contributed by atoms with E-state index < -0.39 is 0 Å². The fourth-order valence-corrected chi connectivity index (χ4v) is 3.82. The molecule has 0 radical (unpaired) electrons. The van der Waals surface area contributed by atoms with Crippen LogP contribution in [0.4, 0.5) is 0 Å². The van der Waals surface area contributed by atoms with Crippen molar-refractivity contribution in [1.82, 2.24) is 15.5 Å². The molecule has 1 heterocycles. The summed E-state index contributed by atoms with van der Waals surface area (Å²) in [5.41, 5.74) is 0. The molecule has 1 aromatic rings. The Kier molecular flexibility index (Phi) is 6.42. The molecule has 1 aliphatic carbocycles. The fourth-order valence-electron chi connectivity index (χ4n) is 3.11. The van der Waals surface area contributed by atoms with Crippen LogP contribution in [0.25, 0.3) is 0 Å². The maximum absolute atomic E-state index is 6.20. The average Bonchev–Trinajstić information content (AvgIpc) is 2.86. The van der Waals surface area contributed by atoms with Crippen LogP contribution in [-0.4, -0.2) is 22.8 Å². The fraction of sp³-hybridized carbons (Fsp3) is 0.875. The van der Waals surface area contributed by atoms with Crippen LogP contribution in [-0.2, 0) is 6.54 Å². The molecule has 0 saturated heterocycles. The van der Waals surface area contributed by atoms with Gasteiger partial charge in [0.2, 0.25) is 0 Å². The third kappa shape index (κ3) is 4.92. The minimum Gasteiger partial charge on any atom is -0.465 e. The Bertz CT molecular complexity index is 421. The Hall–Kier alpha value is -0.680. The highest BCUT2D eigenvalue weighted by molar-refractivity contribution is 7.13. The van der Waals surface area contributed by atoms with Gasteiger partial charge in [-0.2, -0.15) is 0 Å². The minimum atomic E-state index is 0.304. The number of rotatable bonds is 7. The van der Waals surface area contributed by atoms with Gasteiger partial charge in [0.05, 0.1) is 0 Å². The van der Waals surface area contributed by atoms with E-state index >= 15 is 0 Å². The molecule has 1 fully saturated rings. The zero-order valence-electron chi connectivity index (χ0n) is 13.8. The molecule has 21 heavy (non-hydrogen) atoms. The van der Waals surface area contributed by atoms with E-state index in [0.717, 1.165) is 42.1 Å². The van der Waals surface area contributed by atoms with Gasteiger partial charge >= 0.3 is 0 Å². The van der Waals surface area contributed by atoms with Gasteiger partial charge < -0.3 is 10.1 Å². The van der Waals surface area contributed by atoms with E-state index in [2.05, 4.69) is 43.2 Å². The second-order valence-electron chi connectivity index (χ2n) is 6.62. The lowest BCUT2D eigenvalue weighted by atomic mass is 9.75. The van der Waals surface area contributed by atoms with Crippen molar-refractivity contribution in [2.24, 2.45) is 17.8 Å². The summed E-state index contributed by atoms with van der Waals surface area (Å²) in [5.74, 6) is 2.07. The Balaban J connectivity index is 1.92. The quantitative estimate of drug-likeness (QED) is 0.776. The molecular weight excluding hydrogens is 282 g/mol. The maximum Gasteiger partial charge on any atom is 0.294 e. The second kappa shape index (κ2) is 8.08. The van der Waals surface area contributed by atoms with E-state index in [1.54, 1.807) is 11.3 Å². The molecule has 0 bridgehead atoms. The first-order valence-corrected chi connectivity index (χ1v) is 9.11. The first-order valence-electron chi connectivity index (χ1n) is 8.29. The van der Waals surface area contributed by atoms with Crippen LogP contribution in [0.3, 0.4) is 0 Å². The SMILES string of the molecule is CCCNCc1nnc(OC2CC(C)CCC2C(C)C)s1. The van der Waals surface area contributed by atoms with Gasteiger partial charge in [-0.3, -0.25) is 0 Å². The van der Waals surface area contributed by atoms with E-state index in [1.807, 2.05) is 0 Å². The van der Waals surface area contributed by atoms with Crippen LogP contribution in [0.5, 0.6) is 5.19 Å². The molecule has 2 rings (SSSR count). The molecular formula is C16H29N3OS. The van der Waals surface area contributed by atoms with Gasteiger partial charge in [0.1, 0.15) is 11.1 Å². The number of ether oxygens (including phenoxy) is 1. The van der Waals surface area contributed by atoms with Gasteiger partial charge in [-0.1, -0.05) is 50.6 Å². The first-order chi connectivity index (χ1) is 10.1. The lowest BCUT2D eigenvalue weighted by Crippen LogP contribution is -2.36.